The maximum atomic E-state index is 9.39. The van der Waals surface area contributed by atoms with Gasteiger partial charge in [0.1, 0.15) is 11.6 Å². The first-order valence-electron chi connectivity index (χ1n) is 7.90. The summed E-state index contributed by atoms with van der Waals surface area (Å²) in [6.45, 7) is 0.725. The molecule has 0 aliphatic heterocycles. The molecule has 4 heteroatoms. The van der Waals surface area contributed by atoms with Crippen LogP contribution in [0.3, 0.4) is 0 Å². The van der Waals surface area contributed by atoms with Crippen LogP contribution >= 0.6 is 0 Å². The summed E-state index contributed by atoms with van der Waals surface area (Å²) < 4.78 is 2.11. The zero-order valence-electron chi connectivity index (χ0n) is 13.1. The molecule has 0 aliphatic carbocycles. The number of hydrogen-bond donors (Lipinski definition) is 1. The molecule has 0 spiro atoms. The van der Waals surface area contributed by atoms with Gasteiger partial charge in [-0.05, 0) is 29.8 Å². The van der Waals surface area contributed by atoms with E-state index < -0.39 is 0 Å². The maximum absolute atomic E-state index is 9.39. The molecule has 0 saturated carbocycles. The summed E-state index contributed by atoms with van der Waals surface area (Å²) in [5, 5.41) is 10.5. The van der Waals surface area contributed by atoms with Gasteiger partial charge in [-0.3, -0.25) is 4.98 Å². The van der Waals surface area contributed by atoms with Gasteiger partial charge >= 0.3 is 0 Å². The molecular weight excluding hydrogens is 298 g/mol. The average molecular weight is 315 g/mol. The third-order valence-electron chi connectivity index (χ3n) is 4.09. The molecule has 4 rings (SSSR count). The molecular formula is C20H17N3O. The fourth-order valence-corrected chi connectivity index (χ4v) is 2.82. The summed E-state index contributed by atoms with van der Waals surface area (Å²) >= 11 is 0. The Kier molecular flexibility index (Phi) is 3.71. The van der Waals surface area contributed by atoms with Crippen molar-refractivity contribution in [1.29, 1.82) is 0 Å². The fourth-order valence-electron chi connectivity index (χ4n) is 2.82. The zero-order valence-corrected chi connectivity index (χ0v) is 13.1. The molecule has 118 valence electrons. The lowest BCUT2D eigenvalue weighted by molar-refractivity contribution is 0.475. The van der Waals surface area contributed by atoms with Crippen molar-refractivity contribution >= 4 is 10.9 Å². The highest BCUT2D eigenvalue weighted by Crippen LogP contribution is 2.16. The van der Waals surface area contributed by atoms with Crippen LogP contribution in [0.2, 0.25) is 0 Å². The zero-order chi connectivity index (χ0) is 16.4. The molecule has 0 saturated heterocycles. The number of phenols is 1. The molecule has 0 unspecified atom stereocenters. The Hall–Kier alpha value is -3.14. The summed E-state index contributed by atoms with van der Waals surface area (Å²) in [7, 11) is 0. The number of benzene rings is 2. The van der Waals surface area contributed by atoms with Crippen LogP contribution in [-0.4, -0.2) is 19.6 Å². The Balaban J connectivity index is 1.58. The number of aromatic nitrogens is 3. The normalized spacial score (nSPS) is 11.0. The Morgan fingerprint density at radius 2 is 1.75 bits per heavy atom. The lowest BCUT2D eigenvalue weighted by atomic mass is 10.1. The molecule has 2 aromatic carbocycles. The van der Waals surface area contributed by atoms with Crippen LogP contribution in [0.25, 0.3) is 10.9 Å². The van der Waals surface area contributed by atoms with E-state index in [0.29, 0.717) is 6.42 Å². The lowest BCUT2D eigenvalue weighted by Gasteiger charge is -2.08. The number of nitrogens with zero attached hydrogens (tertiary/aromatic N) is 3. The highest BCUT2D eigenvalue weighted by atomic mass is 16.3. The monoisotopic (exact) mass is 315 g/mol. The molecule has 4 nitrogen and oxygen atoms in total. The Labute approximate surface area is 140 Å². The first-order chi connectivity index (χ1) is 11.8. The number of para-hydroxylation sites is 1. The van der Waals surface area contributed by atoms with Gasteiger partial charge in [-0.1, -0.05) is 36.4 Å². The fraction of sp³-hybridized carbons (Fsp3) is 0.100. The molecule has 4 aromatic rings. The number of imidazole rings is 1. The highest BCUT2D eigenvalue weighted by molar-refractivity contribution is 5.78. The minimum Gasteiger partial charge on any atom is -0.508 e. The van der Waals surface area contributed by atoms with Gasteiger partial charge in [0, 0.05) is 36.4 Å². The molecule has 24 heavy (non-hydrogen) atoms. The summed E-state index contributed by atoms with van der Waals surface area (Å²) in [5.41, 5.74) is 3.14. The molecule has 2 aromatic heterocycles. The van der Waals surface area contributed by atoms with Crippen LogP contribution < -0.4 is 0 Å². The molecule has 0 fully saturated rings. The first kappa shape index (κ1) is 14.5. The Bertz CT molecular complexity index is 974. The Morgan fingerprint density at radius 1 is 0.917 bits per heavy atom. The van der Waals surface area contributed by atoms with Gasteiger partial charge in [0.05, 0.1) is 5.52 Å². The second-order valence-electron chi connectivity index (χ2n) is 5.81. The van der Waals surface area contributed by atoms with Crippen LogP contribution in [0.5, 0.6) is 5.75 Å². The van der Waals surface area contributed by atoms with Gasteiger partial charge in [0.25, 0.3) is 0 Å². The van der Waals surface area contributed by atoms with Gasteiger partial charge in [0.2, 0.25) is 0 Å². The van der Waals surface area contributed by atoms with Crippen LogP contribution in [0.4, 0.5) is 0 Å². The smallest absolute Gasteiger partial charge is 0.115 e. The van der Waals surface area contributed by atoms with Crippen LogP contribution in [0.1, 0.15) is 17.1 Å². The summed E-state index contributed by atoms with van der Waals surface area (Å²) in [4.78, 5) is 9.20. The standard InChI is InChI=1S/C20H17N3O/c24-18-9-5-15(6-10-18)14-23-12-11-21-20(23)13-17-8-7-16-3-1-2-4-19(16)22-17/h1-12,24H,13-14H2. The van der Waals surface area contributed by atoms with E-state index in [2.05, 4.69) is 27.8 Å². The van der Waals surface area contributed by atoms with E-state index in [9.17, 15) is 5.11 Å². The van der Waals surface area contributed by atoms with Gasteiger partial charge in [-0.2, -0.15) is 0 Å². The van der Waals surface area contributed by atoms with E-state index in [1.165, 1.54) is 0 Å². The molecule has 0 atom stereocenters. The third-order valence-corrected chi connectivity index (χ3v) is 4.09. The molecule has 0 amide bonds. The minimum absolute atomic E-state index is 0.282. The van der Waals surface area contributed by atoms with Crippen LogP contribution in [0, 0.1) is 0 Å². The third kappa shape index (κ3) is 2.99. The summed E-state index contributed by atoms with van der Waals surface area (Å²) in [6.07, 6.45) is 4.48. The largest absolute Gasteiger partial charge is 0.508 e. The van der Waals surface area contributed by atoms with Crippen molar-refractivity contribution in [3.8, 4) is 5.75 Å². The number of aromatic hydroxyl groups is 1. The van der Waals surface area contributed by atoms with E-state index >= 15 is 0 Å². The maximum Gasteiger partial charge on any atom is 0.115 e. The predicted molar refractivity (Wildman–Crippen MR) is 94.0 cm³/mol. The van der Waals surface area contributed by atoms with Crippen molar-refractivity contribution in [2.75, 3.05) is 0 Å². The van der Waals surface area contributed by atoms with Gasteiger partial charge < -0.3 is 9.67 Å². The summed E-state index contributed by atoms with van der Waals surface area (Å²) in [5.74, 6) is 1.26. The first-order valence-corrected chi connectivity index (χ1v) is 7.90. The van der Waals surface area contributed by atoms with E-state index in [4.69, 9.17) is 4.98 Å². The topological polar surface area (TPSA) is 50.9 Å². The van der Waals surface area contributed by atoms with Crippen molar-refractivity contribution in [3.05, 3.63) is 90.1 Å². The van der Waals surface area contributed by atoms with Crippen molar-refractivity contribution in [1.82, 2.24) is 14.5 Å². The number of pyridine rings is 1. The molecule has 0 bridgehead atoms. The quantitative estimate of drug-likeness (QED) is 0.623. The van der Waals surface area contributed by atoms with E-state index in [0.717, 1.165) is 34.5 Å². The van der Waals surface area contributed by atoms with Crippen molar-refractivity contribution in [2.24, 2.45) is 0 Å². The number of phenolic OH excluding ortho intramolecular Hbond substituents is 1. The van der Waals surface area contributed by atoms with Crippen LogP contribution in [-0.2, 0) is 13.0 Å². The van der Waals surface area contributed by atoms with E-state index in [-0.39, 0.29) is 5.75 Å². The number of fused-ring (bicyclic) bond motifs is 1. The van der Waals surface area contributed by atoms with Crippen LogP contribution in [0.15, 0.2) is 73.1 Å². The van der Waals surface area contributed by atoms with Gasteiger partial charge in [-0.15, -0.1) is 0 Å². The molecule has 0 aliphatic rings. The van der Waals surface area contributed by atoms with E-state index in [1.807, 2.05) is 42.7 Å². The lowest BCUT2D eigenvalue weighted by Crippen LogP contribution is -2.06. The van der Waals surface area contributed by atoms with Gasteiger partial charge in [0.15, 0.2) is 0 Å². The molecule has 0 radical (unpaired) electrons. The highest BCUT2D eigenvalue weighted by Gasteiger charge is 2.07. The van der Waals surface area contributed by atoms with Crippen molar-refractivity contribution < 1.29 is 5.11 Å². The SMILES string of the molecule is Oc1ccc(Cn2ccnc2Cc2ccc3ccccc3n2)cc1. The minimum atomic E-state index is 0.282. The van der Waals surface area contributed by atoms with Gasteiger partial charge in [-0.25, -0.2) is 4.98 Å². The Morgan fingerprint density at radius 3 is 2.62 bits per heavy atom. The molecule has 2 heterocycles. The van der Waals surface area contributed by atoms with Crippen molar-refractivity contribution in [3.63, 3.8) is 0 Å². The number of rotatable bonds is 4. The van der Waals surface area contributed by atoms with Crippen molar-refractivity contribution in [2.45, 2.75) is 13.0 Å². The average Bonchev–Trinajstić information content (AvgIpc) is 3.04. The molecule has 1 N–H and O–H groups in total. The van der Waals surface area contributed by atoms with E-state index in [1.54, 1.807) is 12.1 Å². The number of hydrogen-bond acceptors (Lipinski definition) is 3. The second-order valence-corrected chi connectivity index (χ2v) is 5.81. The summed E-state index contributed by atoms with van der Waals surface area (Å²) in [6, 6.07) is 19.5. The second kappa shape index (κ2) is 6.16. The predicted octanol–water partition coefficient (Wildman–Crippen LogP) is 3.78.